The van der Waals surface area contributed by atoms with Crippen LogP contribution in [0.25, 0.3) is 0 Å². The first kappa shape index (κ1) is 17.2. The van der Waals surface area contributed by atoms with E-state index < -0.39 is 6.61 Å². The van der Waals surface area contributed by atoms with Crippen LogP contribution in [0.2, 0.25) is 0 Å². The van der Waals surface area contributed by atoms with Crippen LogP contribution in [0.15, 0.2) is 46.9 Å². The van der Waals surface area contributed by atoms with Crippen LogP contribution < -0.4 is 15.4 Å². The van der Waals surface area contributed by atoms with Gasteiger partial charge >= 0.3 is 6.61 Å². The Hall–Kier alpha value is -2.15. The molecule has 0 aromatic heterocycles. The fourth-order valence-electron chi connectivity index (χ4n) is 2.05. The average Bonchev–Trinajstić information content (AvgIpc) is 2.53. The molecule has 0 aliphatic carbocycles. The summed E-state index contributed by atoms with van der Waals surface area (Å²) in [6.07, 6.45) is 0. The van der Waals surface area contributed by atoms with E-state index in [1.54, 1.807) is 43.4 Å². The number of ether oxygens (including phenoxy) is 1. The molecule has 2 aromatic rings. The van der Waals surface area contributed by atoms with E-state index in [1.165, 1.54) is 6.07 Å². The number of carbonyl (C=O) groups is 1. The molecule has 0 unspecified atom stereocenters. The summed E-state index contributed by atoms with van der Waals surface area (Å²) in [5.41, 5.74) is 1.61. The fourth-order valence-corrected chi connectivity index (χ4v) is 2.41. The van der Waals surface area contributed by atoms with Gasteiger partial charge in [0, 0.05) is 29.3 Å². The second kappa shape index (κ2) is 7.92. The topological polar surface area (TPSA) is 50.4 Å². The smallest absolute Gasteiger partial charge is 0.387 e. The maximum absolute atomic E-state index is 12.4. The summed E-state index contributed by atoms with van der Waals surface area (Å²) >= 11 is 3.35. The van der Waals surface area contributed by atoms with Gasteiger partial charge in [-0.05, 0) is 24.3 Å². The second-order valence-corrected chi connectivity index (χ2v) is 5.52. The normalized spacial score (nSPS) is 10.5. The molecule has 122 valence electrons. The van der Waals surface area contributed by atoms with Crippen molar-refractivity contribution in [2.24, 2.45) is 0 Å². The lowest BCUT2D eigenvalue weighted by atomic mass is 10.1. The van der Waals surface area contributed by atoms with Crippen molar-refractivity contribution in [3.05, 3.63) is 58.1 Å². The molecular formula is C16H15BrF2N2O2. The number of amides is 1. The molecule has 0 bridgehead atoms. The Kier molecular flexibility index (Phi) is 5.92. The van der Waals surface area contributed by atoms with Gasteiger partial charge in [0.05, 0.1) is 5.56 Å². The third-order valence-corrected chi connectivity index (χ3v) is 3.60. The van der Waals surface area contributed by atoms with E-state index in [2.05, 4.69) is 31.3 Å². The van der Waals surface area contributed by atoms with E-state index >= 15 is 0 Å². The zero-order chi connectivity index (χ0) is 16.8. The highest BCUT2D eigenvalue weighted by Crippen LogP contribution is 2.25. The molecule has 7 heteroatoms. The number of hydrogen-bond acceptors (Lipinski definition) is 3. The maximum Gasteiger partial charge on any atom is 0.387 e. The predicted octanol–water partition coefficient (Wildman–Crippen LogP) is 4.02. The number of hydrogen-bond donors (Lipinski definition) is 2. The predicted molar refractivity (Wildman–Crippen MR) is 87.9 cm³/mol. The van der Waals surface area contributed by atoms with Crippen molar-refractivity contribution in [1.82, 2.24) is 5.32 Å². The quantitative estimate of drug-likeness (QED) is 0.790. The highest BCUT2D eigenvalue weighted by atomic mass is 79.9. The van der Waals surface area contributed by atoms with Crippen LogP contribution in [0.5, 0.6) is 5.75 Å². The van der Waals surface area contributed by atoms with Gasteiger partial charge in [0.2, 0.25) is 0 Å². The summed E-state index contributed by atoms with van der Waals surface area (Å²) in [6.45, 7) is -2.65. The van der Waals surface area contributed by atoms with E-state index in [9.17, 15) is 13.6 Å². The van der Waals surface area contributed by atoms with Crippen molar-refractivity contribution >= 4 is 27.5 Å². The minimum absolute atomic E-state index is 0.103. The van der Waals surface area contributed by atoms with Gasteiger partial charge in [-0.3, -0.25) is 4.79 Å². The monoisotopic (exact) mass is 384 g/mol. The molecule has 0 saturated heterocycles. The van der Waals surface area contributed by atoms with Crippen molar-refractivity contribution < 1.29 is 18.3 Å². The van der Waals surface area contributed by atoms with Gasteiger partial charge in [0.1, 0.15) is 5.75 Å². The van der Waals surface area contributed by atoms with Gasteiger partial charge in [-0.1, -0.05) is 34.1 Å². The highest BCUT2D eigenvalue weighted by Gasteiger charge is 2.12. The molecule has 2 N–H and O–H groups in total. The van der Waals surface area contributed by atoms with Gasteiger partial charge < -0.3 is 15.4 Å². The number of alkyl halides is 2. The zero-order valence-electron chi connectivity index (χ0n) is 12.3. The van der Waals surface area contributed by atoms with Gasteiger partial charge in [0.15, 0.2) is 0 Å². The molecular weight excluding hydrogens is 370 g/mol. The third-order valence-electron chi connectivity index (χ3n) is 3.11. The van der Waals surface area contributed by atoms with Crippen molar-refractivity contribution in [2.75, 3.05) is 12.4 Å². The van der Waals surface area contributed by atoms with Crippen LogP contribution in [-0.2, 0) is 6.54 Å². The molecule has 0 fully saturated rings. The van der Waals surface area contributed by atoms with Crippen LogP contribution in [-0.4, -0.2) is 19.6 Å². The van der Waals surface area contributed by atoms with Gasteiger partial charge in [0.25, 0.3) is 5.91 Å². The van der Waals surface area contributed by atoms with Crippen molar-refractivity contribution in [2.45, 2.75) is 13.2 Å². The fraction of sp³-hybridized carbons (Fsp3) is 0.188. The maximum atomic E-state index is 12.4. The van der Waals surface area contributed by atoms with Crippen molar-refractivity contribution in [3.8, 4) is 5.75 Å². The largest absolute Gasteiger partial charge is 0.434 e. The molecule has 0 saturated carbocycles. The third kappa shape index (κ3) is 4.66. The summed E-state index contributed by atoms with van der Waals surface area (Å²) in [4.78, 5) is 11.9. The molecule has 0 aliphatic rings. The molecule has 2 aromatic carbocycles. The van der Waals surface area contributed by atoms with Crippen LogP contribution in [0, 0.1) is 0 Å². The number of anilines is 1. The number of nitrogens with one attached hydrogen (secondary N) is 2. The number of para-hydroxylation sites is 1. The molecule has 0 radical (unpaired) electrons. The molecule has 23 heavy (non-hydrogen) atoms. The van der Waals surface area contributed by atoms with Crippen molar-refractivity contribution in [1.29, 1.82) is 0 Å². The van der Waals surface area contributed by atoms with Crippen LogP contribution >= 0.6 is 15.9 Å². The van der Waals surface area contributed by atoms with E-state index in [1.807, 2.05) is 0 Å². The van der Waals surface area contributed by atoms with Gasteiger partial charge in [-0.15, -0.1) is 0 Å². The molecule has 2 rings (SSSR count). The van der Waals surface area contributed by atoms with Crippen LogP contribution in [0.1, 0.15) is 15.9 Å². The minimum Gasteiger partial charge on any atom is -0.434 e. The van der Waals surface area contributed by atoms with E-state index in [0.29, 0.717) is 16.8 Å². The summed E-state index contributed by atoms with van der Waals surface area (Å²) in [6, 6.07) is 11.7. The first-order chi connectivity index (χ1) is 11.0. The summed E-state index contributed by atoms with van der Waals surface area (Å²) in [7, 11) is 1.54. The van der Waals surface area contributed by atoms with Crippen molar-refractivity contribution in [3.63, 3.8) is 0 Å². The van der Waals surface area contributed by atoms with E-state index in [4.69, 9.17) is 0 Å². The lowest BCUT2D eigenvalue weighted by molar-refractivity contribution is -0.0504. The Morgan fingerprint density at radius 1 is 1.26 bits per heavy atom. The lowest BCUT2D eigenvalue weighted by Gasteiger charge is -2.14. The second-order valence-electron chi connectivity index (χ2n) is 4.61. The lowest BCUT2D eigenvalue weighted by Crippen LogP contribution is -2.19. The minimum atomic E-state index is -2.89. The standard InChI is InChI=1S/C16H15BrF2N2O2/c1-20-15(22)12-7-6-11(17)8-13(12)21-9-10-4-2-3-5-14(10)23-16(18)19/h2-8,16,21H,9H2,1H3,(H,20,22). The first-order valence-corrected chi connectivity index (χ1v) is 7.58. The number of rotatable bonds is 6. The number of carbonyl (C=O) groups excluding carboxylic acids is 1. The number of benzene rings is 2. The summed E-state index contributed by atoms with van der Waals surface area (Å²) in [5, 5.41) is 5.64. The Balaban J connectivity index is 2.21. The molecule has 4 nitrogen and oxygen atoms in total. The summed E-state index contributed by atoms with van der Waals surface area (Å²) < 4.78 is 30.2. The average molecular weight is 385 g/mol. The van der Waals surface area contributed by atoms with Crippen LogP contribution in [0.3, 0.4) is 0 Å². The van der Waals surface area contributed by atoms with E-state index in [-0.39, 0.29) is 18.2 Å². The van der Waals surface area contributed by atoms with Crippen LogP contribution in [0.4, 0.5) is 14.5 Å². The van der Waals surface area contributed by atoms with Gasteiger partial charge in [-0.2, -0.15) is 8.78 Å². The first-order valence-electron chi connectivity index (χ1n) is 6.79. The Labute approximate surface area is 141 Å². The van der Waals surface area contributed by atoms with Gasteiger partial charge in [-0.25, -0.2) is 0 Å². The molecule has 0 aliphatic heterocycles. The Bertz CT molecular complexity index is 696. The van der Waals surface area contributed by atoms with E-state index in [0.717, 1.165) is 4.47 Å². The molecule has 0 heterocycles. The molecule has 0 atom stereocenters. The summed E-state index contributed by atoms with van der Waals surface area (Å²) in [5.74, 6) is -0.136. The highest BCUT2D eigenvalue weighted by molar-refractivity contribution is 9.10. The Morgan fingerprint density at radius 3 is 2.70 bits per heavy atom. The Morgan fingerprint density at radius 2 is 2.00 bits per heavy atom. The number of halogens is 3. The molecule has 1 amide bonds. The SMILES string of the molecule is CNC(=O)c1ccc(Br)cc1NCc1ccccc1OC(F)F. The molecule has 0 spiro atoms. The zero-order valence-corrected chi connectivity index (χ0v) is 13.9.